The van der Waals surface area contributed by atoms with Crippen molar-refractivity contribution in [1.82, 2.24) is 4.98 Å². The number of hydrazone groups is 1. The Morgan fingerprint density at radius 2 is 1.93 bits per heavy atom. The number of rotatable bonds is 6. The van der Waals surface area contributed by atoms with Crippen molar-refractivity contribution in [3.05, 3.63) is 59.2 Å². The zero-order chi connectivity index (χ0) is 19.4. The minimum absolute atomic E-state index is 0.0381. The summed E-state index contributed by atoms with van der Waals surface area (Å²) < 4.78 is 38.6. The van der Waals surface area contributed by atoms with E-state index in [4.69, 9.17) is 0 Å². The molecule has 0 amide bonds. The van der Waals surface area contributed by atoms with Crippen molar-refractivity contribution in [2.45, 2.75) is 32.9 Å². The van der Waals surface area contributed by atoms with Gasteiger partial charge in [0.1, 0.15) is 0 Å². The van der Waals surface area contributed by atoms with E-state index in [0.717, 1.165) is 26.9 Å². The lowest BCUT2D eigenvalue weighted by Crippen LogP contribution is -2.20. The maximum Gasteiger partial charge on any atom is 0.389 e. The smallest absolute Gasteiger partial charge is 0.239 e. The second-order valence-electron chi connectivity index (χ2n) is 6.41. The van der Waals surface area contributed by atoms with Gasteiger partial charge in [0, 0.05) is 13.0 Å². The first-order valence-corrected chi connectivity index (χ1v) is 9.44. The molecule has 0 aliphatic carbocycles. The molecule has 1 aromatic heterocycles. The van der Waals surface area contributed by atoms with Crippen LogP contribution in [-0.4, -0.2) is 23.9 Å². The lowest BCUT2D eigenvalue weighted by Gasteiger charge is -2.16. The van der Waals surface area contributed by atoms with E-state index in [9.17, 15) is 13.2 Å². The average molecular weight is 391 g/mol. The van der Waals surface area contributed by atoms with E-state index in [2.05, 4.69) is 10.1 Å². The number of anilines is 1. The monoisotopic (exact) mass is 391 g/mol. The molecule has 0 atom stereocenters. The lowest BCUT2D eigenvalue weighted by atomic mass is 10.1. The number of hydrogen-bond acceptors (Lipinski definition) is 4. The second kappa shape index (κ2) is 8.08. The fourth-order valence-corrected chi connectivity index (χ4v) is 3.58. The van der Waals surface area contributed by atoms with Crippen LogP contribution in [0.1, 0.15) is 29.5 Å². The standard InChI is InChI=1S/C20H20F3N3S/c1-14-8-9-15(2)16(12-14)13-24-26(11-5-10-20(21,22)23)19-25-17-6-3-4-7-18(17)27-19/h3-4,6-9,12-13H,5,10-11H2,1-2H3/b24-13+. The Morgan fingerprint density at radius 3 is 2.67 bits per heavy atom. The number of benzene rings is 2. The first-order chi connectivity index (χ1) is 12.8. The van der Waals surface area contributed by atoms with Crippen LogP contribution in [-0.2, 0) is 0 Å². The van der Waals surface area contributed by atoms with Crippen molar-refractivity contribution in [2.75, 3.05) is 11.6 Å². The summed E-state index contributed by atoms with van der Waals surface area (Å²) in [6, 6.07) is 13.7. The summed E-state index contributed by atoms with van der Waals surface area (Å²) in [7, 11) is 0. The number of hydrogen-bond donors (Lipinski definition) is 0. The summed E-state index contributed by atoms with van der Waals surface area (Å²) in [5.41, 5.74) is 3.92. The highest BCUT2D eigenvalue weighted by Gasteiger charge is 2.26. The molecule has 1 heterocycles. The van der Waals surface area contributed by atoms with E-state index < -0.39 is 12.6 Å². The Labute approximate surface area is 160 Å². The van der Waals surface area contributed by atoms with Crippen molar-refractivity contribution >= 4 is 32.9 Å². The first kappa shape index (κ1) is 19.4. The number of thiazole rings is 1. The highest BCUT2D eigenvalue weighted by Crippen LogP contribution is 2.30. The summed E-state index contributed by atoms with van der Waals surface area (Å²) in [6.07, 6.45) is -3.35. The highest BCUT2D eigenvalue weighted by atomic mass is 32.1. The van der Waals surface area contributed by atoms with Crippen LogP contribution in [0.5, 0.6) is 0 Å². The normalized spacial score (nSPS) is 12.2. The molecule has 0 N–H and O–H groups in total. The summed E-state index contributed by atoms with van der Waals surface area (Å²) in [5.74, 6) is 0. The van der Waals surface area contributed by atoms with Crippen LogP contribution in [0.2, 0.25) is 0 Å². The van der Waals surface area contributed by atoms with Gasteiger partial charge in [0.05, 0.1) is 16.4 Å². The molecule has 0 spiro atoms. The van der Waals surface area contributed by atoms with Crippen molar-refractivity contribution in [3.8, 4) is 0 Å². The molecule has 0 saturated carbocycles. The maximum absolute atomic E-state index is 12.6. The lowest BCUT2D eigenvalue weighted by molar-refractivity contribution is -0.135. The molecule has 7 heteroatoms. The van der Waals surface area contributed by atoms with Crippen molar-refractivity contribution in [2.24, 2.45) is 5.10 Å². The summed E-state index contributed by atoms with van der Waals surface area (Å²) in [6.45, 7) is 4.12. The van der Waals surface area contributed by atoms with Gasteiger partial charge >= 0.3 is 6.18 Å². The van der Waals surface area contributed by atoms with Gasteiger partial charge in [-0.15, -0.1) is 0 Å². The van der Waals surface area contributed by atoms with Crippen LogP contribution in [0.25, 0.3) is 10.2 Å². The van der Waals surface area contributed by atoms with Crippen molar-refractivity contribution < 1.29 is 13.2 Å². The van der Waals surface area contributed by atoms with E-state index in [1.165, 1.54) is 11.3 Å². The Morgan fingerprint density at radius 1 is 1.15 bits per heavy atom. The summed E-state index contributed by atoms with van der Waals surface area (Å²) >= 11 is 1.43. The fourth-order valence-electron chi connectivity index (χ4n) is 2.63. The Balaban J connectivity index is 1.86. The van der Waals surface area contributed by atoms with Gasteiger partial charge in [-0.2, -0.15) is 18.3 Å². The van der Waals surface area contributed by atoms with Crippen molar-refractivity contribution in [3.63, 3.8) is 0 Å². The van der Waals surface area contributed by atoms with Gasteiger partial charge < -0.3 is 0 Å². The number of aryl methyl sites for hydroxylation is 2. The van der Waals surface area contributed by atoms with Gasteiger partial charge in [-0.1, -0.05) is 47.2 Å². The third kappa shape index (κ3) is 5.29. The highest BCUT2D eigenvalue weighted by molar-refractivity contribution is 7.22. The quantitative estimate of drug-likeness (QED) is 0.375. The van der Waals surface area contributed by atoms with Crippen LogP contribution in [0, 0.1) is 13.8 Å². The topological polar surface area (TPSA) is 28.5 Å². The van der Waals surface area contributed by atoms with E-state index in [1.54, 1.807) is 11.2 Å². The number of nitrogens with zero attached hydrogens (tertiary/aromatic N) is 3. The molecule has 3 rings (SSSR count). The van der Waals surface area contributed by atoms with Gasteiger partial charge in [0.15, 0.2) is 0 Å². The van der Waals surface area contributed by atoms with Gasteiger partial charge in [-0.3, -0.25) is 0 Å². The largest absolute Gasteiger partial charge is 0.389 e. The molecule has 3 aromatic rings. The molecule has 0 fully saturated rings. The minimum Gasteiger partial charge on any atom is -0.239 e. The second-order valence-corrected chi connectivity index (χ2v) is 7.42. The third-order valence-corrected chi connectivity index (χ3v) is 5.15. The van der Waals surface area contributed by atoms with Gasteiger partial charge in [-0.25, -0.2) is 9.99 Å². The molecule has 0 unspecified atom stereocenters. The summed E-state index contributed by atoms with van der Waals surface area (Å²) in [5, 5.41) is 6.63. The number of para-hydroxylation sites is 1. The Hall–Kier alpha value is -2.41. The van der Waals surface area contributed by atoms with Gasteiger partial charge in [0.2, 0.25) is 5.13 Å². The Bertz CT molecular complexity index is 914. The molecule has 0 aliphatic heterocycles. The molecule has 0 aliphatic rings. The molecule has 3 nitrogen and oxygen atoms in total. The average Bonchev–Trinajstić information content (AvgIpc) is 3.03. The SMILES string of the molecule is Cc1ccc(C)c(/C=N/N(CCCC(F)(F)F)c2nc3ccccc3s2)c1. The fraction of sp³-hybridized carbons (Fsp3) is 0.300. The zero-order valence-corrected chi connectivity index (χ0v) is 15.9. The number of halogens is 3. The van der Waals surface area contributed by atoms with Crippen LogP contribution in [0.15, 0.2) is 47.6 Å². The molecule has 2 aromatic carbocycles. The molecular weight excluding hydrogens is 371 g/mol. The summed E-state index contributed by atoms with van der Waals surface area (Å²) in [4.78, 5) is 4.53. The third-order valence-electron chi connectivity index (χ3n) is 4.10. The van der Waals surface area contributed by atoms with Gasteiger partial charge in [0.25, 0.3) is 0 Å². The maximum atomic E-state index is 12.6. The predicted octanol–water partition coefficient (Wildman–Crippen LogP) is 6.10. The number of fused-ring (bicyclic) bond motifs is 1. The van der Waals surface area contributed by atoms with E-state index >= 15 is 0 Å². The zero-order valence-electron chi connectivity index (χ0n) is 15.1. The molecule has 0 radical (unpaired) electrons. The molecule has 0 saturated heterocycles. The van der Waals surface area contributed by atoms with Crippen molar-refractivity contribution in [1.29, 1.82) is 0 Å². The van der Waals surface area contributed by atoms with Crippen LogP contribution < -0.4 is 5.01 Å². The van der Waals surface area contributed by atoms with E-state index in [-0.39, 0.29) is 13.0 Å². The first-order valence-electron chi connectivity index (χ1n) is 8.63. The molecule has 142 valence electrons. The number of aromatic nitrogens is 1. The van der Waals surface area contributed by atoms with E-state index in [1.807, 2.05) is 56.3 Å². The van der Waals surface area contributed by atoms with Gasteiger partial charge in [-0.05, 0) is 43.5 Å². The van der Waals surface area contributed by atoms with Crippen LogP contribution >= 0.6 is 11.3 Å². The number of alkyl halides is 3. The van der Waals surface area contributed by atoms with Crippen LogP contribution in [0.3, 0.4) is 0 Å². The predicted molar refractivity (Wildman–Crippen MR) is 106 cm³/mol. The Kier molecular flexibility index (Phi) is 5.79. The minimum atomic E-state index is -4.17. The molecule has 0 bridgehead atoms. The molecular formula is C20H20F3N3S. The van der Waals surface area contributed by atoms with E-state index in [0.29, 0.717) is 5.13 Å². The van der Waals surface area contributed by atoms with Crippen LogP contribution in [0.4, 0.5) is 18.3 Å². The molecule has 27 heavy (non-hydrogen) atoms.